The summed E-state index contributed by atoms with van der Waals surface area (Å²) in [5.41, 5.74) is 5.41. The first-order chi connectivity index (χ1) is 6.22. The van der Waals surface area contributed by atoms with Crippen LogP contribution in [0.2, 0.25) is 0 Å². The molecule has 0 radical (unpaired) electrons. The Balaban J connectivity index is 2.41. The average molecular weight is 186 g/mol. The van der Waals surface area contributed by atoms with Crippen LogP contribution in [0.15, 0.2) is 12.4 Å². The van der Waals surface area contributed by atoms with Gasteiger partial charge in [-0.15, -0.1) is 0 Å². The number of nitrogens with one attached hydrogen (secondary N) is 1. The van der Waals surface area contributed by atoms with E-state index in [1.54, 1.807) is 0 Å². The number of anilines is 1. The summed E-state index contributed by atoms with van der Waals surface area (Å²) in [5, 5.41) is 11.3. The lowest BCUT2D eigenvalue weighted by Crippen LogP contribution is -2.32. The molecule has 0 aromatic carbocycles. The topological polar surface area (TPSA) is 84.1 Å². The number of aliphatic hydroxyl groups excluding tert-OH is 1. The van der Waals surface area contributed by atoms with Crippen molar-refractivity contribution in [1.29, 1.82) is 0 Å². The summed E-state index contributed by atoms with van der Waals surface area (Å²) in [6.07, 6.45) is 2.11. The maximum absolute atomic E-state index is 12.3. The van der Waals surface area contributed by atoms with Gasteiger partial charge in [0.25, 0.3) is 0 Å². The number of rotatable bonds is 4. The second-order valence-electron chi connectivity index (χ2n) is 2.55. The van der Waals surface area contributed by atoms with Gasteiger partial charge in [0.1, 0.15) is 0 Å². The Hall–Kier alpha value is -1.27. The van der Waals surface area contributed by atoms with Crippen LogP contribution in [0.5, 0.6) is 0 Å². The second kappa shape index (κ2) is 4.68. The minimum atomic E-state index is -0.489. The maximum atomic E-state index is 12.3. The van der Waals surface area contributed by atoms with Crippen LogP contribution in [0, 0.1) is 5.82 Å². The monoisotopic (exact) mass is 186 g/mol. The van der Waals surface area contributed by atoms with Crippen LogP contribution in [0.1, 0.15) is 0 Å². The zero-order chi connectivity index (χ0) is 9.68. The number of nitrogens with two attached hydrogens (primary N) is 1. The Morgan fingerprint density at radius 3 is 2.69 bits per heavy atom. The molecule has 1 aromatic rings. The first-order valence-electron chi connectivity index (χ1n) is 3.80. The van der Waals surface area contributed by atoms with Crippen LogP contribution >= 0.6 is 0 Å². The number of halogens is 1. The highest BCUT2D eigenvalue weighted by Crippen LogP contribution is 1.97. The van der Waals surface area contributed by atoms with Crippen molar-refractivity contribution in [2.24, 2.45) is 5.73 Å². The van der Waals surface area contributed by atoms with Gasteiger partial charge in [0.15, 0.2) is 5.82 Å². The molecule has 13 heavy (non-hydrogen) atoms. The highest BCUT2D eigenvalue weighted by Gasteiger charge is 2.01. The zero-order valence-electron chi connectivity index (χ0n) is 6.94. The number of aromatic nitrogens is 2. The van der Waals surface area contributed by atoms with E-state index in [4.69, 9.17) is 10.8 Å². The third kappa shape index (κ3) is 3.30. The fourth-order valence-corrected chi connectivity index (χ4v) is 0.691. The normalized spacial score (nSPS) is 12.5. The molecule has 0 spiro atoms. The van der Waals surface area contributed by atoms with Crippen LogP contribution < -0.4 is 11.1 Å². The van der Waals surface area contributed by atoms with Gasteiger partial charge in [-0.2, -0.15) is 0 Å². The Labute approximate surface area is 74.8 Å². The third-order valence-corrected chi connectivity index (χ3v) is 1.38. The molecule has 5 nitrogen and oxygen atoms in total. The van der Waals surface area contributed by atoms with E-state index in [0.29, 0.717) is 12.5 Å². The van der Waals surface area contributed by atoms with Gasteiger partial charge in [0.2, 0.25) is 5.95 Å². The van der Waals surface area contributed by atoms with Gasteiger partial charge in [0.05, 0.1) is 19.0 Å². The molecule has 1 aromatic heterocycles. The molecule has 1 heterocycles. The Morgan fingerprint density at radius 1 is 1.54 bits per heavy atom. The van der Waals surface area contributed by atoms with Gasteiger partial charge in [0, 0.05) is 12.6 Å². The summed E-state index contributed by atoms with van der Waals surface area (Å²) in [4.78, 5) is 7.30. The van der Waals surface area contributed by atoms with Crippen molar-refractivity contribution in [2.75, 3.05) is 18.5 Å². The molecule has 0 saturated carbocycles. The SMILES string of the molecule is NC(CO)CNc1ncc(F)cn1. The summed E-state index contributed by atoms with van der Waals surface area (Å²) < 4.78 is 12.3. The molecule has 0 aliphatic heterocycles. The van der Waals surface area contributed by atoms with Gasteiger partial charge in [-0.05, 0) is 0 Å². The number of hydrogen-bond acceptors (Lipinski definition) is 5. The fourth-order valence-electron chi connectivity index (χ4n) is 0.691. The van der Waals surface area contributed by atoms with Gasteiger partial charge in [-0.3, -0.25) is 0 Å². The van der Waals surface area contributed by atoms with Gasteiger partial charge < -0.3 is 16.2 Å². The van der Waals surface area contributed by atoms with E-state index in [0.717, 1.165) is 12.4 Å². The van der Waals surface area contributed by atoms with Crippen molar-refractivity contribution in [3.63, 3.8) is 0 Å². The Morgan fingerprint density at radius 2 is 2.15 bits per heavy atom. The largest absolute Gasteiger partial charge is 0.395 e. The lowest BCUT2D eigenvalue weighted by molar-refractivity contribution is 0.270. The number of hydrogen-bond donors (Lipinski definition) is 3. The van der Waals surface area contributed by atoms with Crippen LogP contribution in [-0.2, 0) is 0 Å². The van der Waals surface area contributed by atoms with Crippen LogP contribution in [0.3, 0.4) is 0 Å². The van der Waals surface area contributed by atoms with E-state index >= 15 is 0 Å². The maximum Gasteiger partial charge on any atom is 0.222 e. The first kappa shape index (κ1) is 9.82. The van der Waals surface area contributed by atoms with E-state index < -0.39 is 5.82 Å². The molecular formula is C7H11FN4O. The van der Waals surface area contributed by atoms with Gasteiger partial charge in [-0.25, -0.2) is 14.4 Å². The van der Waals surface area contributed by atoms with Crippen molar-refractivity contribution >= 4 is 5.95 Å². The molecule has 0 saturated heterocycles. The molecule has 0 fully saturated rings. The van der Waals surface area contributed by atoms with Gasteiger partial charge in [-0.1, -0.05) is 0 Å². The molecule has 0 bridgehead atoms. The molecule has 1 unspecified atom stereocenters. The summed E-state index contributed by atoms with van der Waals surface area (Å²) in [7, 11) is 0. The Kier molecular flexibility index (Phi) is 3.53. The summed E-state index contributed by atoms with van der Waals surface area (Å²) in [6.45, 7) is 0.232. The van der Waals surface area contributed by atoms with Crippen LogP contribution in [0.25, 0.3) is 0 Å². The van der Waals surface area contributed by atoms with Crippen LogP contribution in [-0.4, -0.2) is 34.3 Å². The smallest absolute Gasteiger partial charge is 0.222 e. The fraction of sp³-hybridized carbons (Fsp3) is 0.429. The first-order valence-corrected chi connectivity index (χ1v) is 3.80. The third-order valence-electron chi connectivity index (χ3n) is 1.38. The molecule has 1 rings (SSSR count). The highest BCUT2D eigenvalue weighted by molar-refractivity contribution is 5.22. The second-order valence-corrected chi connectivity index (χ2v) is 2.55. The van der Waals surface area contributed by atoms with Gasteiger partial charge >= 0.3 is 0 Å². The molecular weight excluding hydrogens is 175 g/mol. The number of aliphatic hydroxyl groups is 1. The number of nitrogens with zero attached hydrogens (tertiary/aromatic N) is 2. The predicted octanol–water partition coefficient (Wildman–Crippen LogP) is -0.653. The Bertz CT molecular complexity index is 253. The van der Waals surface area contributed by atoms with Crippen LogP contribution in [0.4, 0.5) is 10.3 Å². The molecule has 72 valence electrons. The van der Waals surface area contributed by atoms with Crippen molar-refractivity contribution in [2.45, 2.75) is 6.04 Å². The molecule has 6 heteroatoms. The van der Waals surface area contributed by atoms with Crippen molar-refractivity contribution in [1.82, 2.24) is 9.97 Å². The van der Waals surface area contributed by atoms with E-state index in [2.05, 4.69) is 15.3 Å². The lowest BCUT2D eigenvalue weighted by Gasteiger charge is -2.08. The average Bonchev–Trinajstić information content (AvgIpc) is 2.16. The lowest BCUT2D eigenvalue weighted by atomic mass is 10.3. The molecule has 0 aliphatic carbocycles. The molecule has 4 N–H and O–H groups in total. The quantitative estimate of drug-likeness (QED) is 0.581. The van der Waals surface area contributed by atoms with E-state index in [1.165, 1.54) is 0 Å². The van der Waals surface area contributed by atoms with Crippen molar-refractivity contribution < 1.29 is 9.50 Å². The van der Waals surface area contributed by atoms with Crippen molar-refractivity contribution in [3.05, 3.63) is 18.2 Å². The predicted molar refractivity (Wildman–Crippen MR) is 45.5 cm³/mol. The van der Waals surface area contributed by atoms with Crippen molar-refractivity contribution in [3.8, 4) is 0 Å². The molecule has 1 atom stereocenters. The van der Waals surface area contributed by atoms with E-state index in [-0.39, 0.29) is 12.6 Å². The summed E-state index contributed by atoms with van der Waals surface area (Å²) in [6, 6.07) is -0.367. The minimum Gasteiger partial charge on any atom is -0.395 e. The van der Waals surface area contributed by atoms with E-state index in [1.807, 2.05) is 0 Å². The summed E-state index contributed by atoms with van der Waals surface area (Å²) >= 11 is 0. The molecule has 0 aliphatic rings. The molecule has 0 amide bonds. The minimum absolute atomic E-state index is 0.117. The highest BCUT2D eigenvalue weighted by atomic mass is 19.1. The standard InChI is InChI=1S/C7H11FN4O/c8-5-1-10-7(11-2-5)12-3-6(9)4-13/h1-2,6,13H,3-4,9H2,(H,10,11,12). The zero-order valence-corrected chi connectivity index (χ0v) is 6.94. The van der Waals surface area contributed by atoms with E-state index in [9.17, 15) is 4.39 Å². The summed E-state index contributed by atoms with van der Waals surface area (Å²) in [5.74, 6) is -0.192.